The topological polar surface area (TPSA) is 119 Å². The van der Waals surface area contributed by atoms with Crippen LogP contribution < -0.4 is 10.5 Å². The summed E-state index contributed by atoms with van der Waals surface area (Å²) in [7, 11) is -3.66. The van der Waals surface area contributed by atoms with Crippen LogP contribution in [0.25, 0.3) is 0 Å². The van der Waals surface area contributed by atoms with E-state index in [-0.39, 0.29) is 17.3 Å². The number of aromatic nitrogens is 4. The van der Waals surface area contributed by atoms with Crippen molar-refractivity contribution in [2.24, 2.45) is 0 Å². The van der Waals surface area contributed by atoms with Crippen LogP contribution in [-0.4, -0.2) is 28.4 Å². The number of nitrogen functional groups attached to an aromatic ring is 1. The molecule has 2 aromatic heterocycles. The number of aromatic amines is 1. The molecule has 19 heavy (non-hydrogen) atoms. The Morgan fingerprint density at radius 2 is 2.32 bits per heavy atom. The first-order valence-electron chi connectivity index (χ1n) is 5.83. The molecule has 0 amide bonds. The maximum Gasteiger partial charge on any atom is 0.246 e. The van der Waals surface area contributed by atoms with E-state index >= 15 is 0 Å². The van der Waals surface area contributed by atoms with Crippen LogP contribution in [0.3, 0.4) is 0 Å². The van der Waals surface area contributed by atoms with E-state index in [9.17, 15) is 8.42 Å². The highest BCUT2D eigenvalue weighted by atomic mass is 32.2. The van der Waals surface area contributed by atoms with E-state index in [0.717, 1.165) is 12.0 Å². The van der Waals surface area contributed by atoms with Crippen molar-refractivity contribution in [3.8, 4) is 0 Å². The van der Waals surface area contributed by atoms with Crippen molar-refractivity contribution in [1.82, 2.24) is 24.7 Å². The average Bonchev–Trinajstić information content (AvgIpc) is 2.97. The third-order valence-electron chi connectivity index (χ3n) is 2.52. The lowest BCUT2D eigenvalue weighted by Gasteiger charge is -2.03. The van der Waals surface area contributed by atoms with Crippen LogP contribution in [0.2, 0.25) is 0 Å². The molecular weight excluding hydrogens is 268 g/mol. The molecule has 2 aromatic rings. The molecule has 104 valence electrons. The Balaban J connectivity index is 2.14. The van der Waals surface area contributed by atoms with Crippen LogP contribution in [0.15, 0.2) is 23.5 Å². The summed E-state index contributed by atoms with van der Waals surface area (Å²) in [5.41, 5.74) is 6.38. The number of aryl methyl sites for hydroxylation is 1. The first-order chi connectivity index (χ1) is 9.03. The molecule has 2 heterocycles. The molecule has 0 aliphatic carbocycles. The fraction of sp³-hybridized carbons (Fsp3) is 0.400. The Labute approximate surface area is 111 Å². The molecule has 0 spiro atoms. The van der Waals surface area contributed by atoms with Crippen molar-refractivity contribution in [1.29, 1.82) is 0 Å². The van der Waals surface area contributed by atoms with Crippen LogP contribution in [0, 0.1) is 0 Å². The number of nitrogens with two attached hydrogens (primary N) is 1. The van der Waals surface area contributed by atoms with Crippen molar-refractivity contribution in [3.05, 3.63) is 24.2 Å². The molecule has 0 saturated carbocycles. The van der Waals surface area contributed by atoms with Crippen molar-refractivity contribution in [3.63, 3.8) is 0 Å². The second-order valence-electron chi connectivity index (χ2n) is 4.07. The molecule has 0 radical (unpaired) electrons. The molecule has 9 heteroatoms. The summed E-state index contributed by atoms with van der Waals surface area (Å²) in [6.45, 7) is 2.75. The smallest absolute Gasteiger partial charge is 0.246 e. The van der Waals surface area contributed by atoms with Gasteiger partial charge in [0.05, 0.1) is 6.20 Å². The van der Waals surface area contributed by atoms with Gasteiger partial charge < -0.3 is 5.73 Å². The van der Waals surface area contributed by atoms with Crippen molar-refractivity contribution in [2.45, 2.75) is 31.3 Å². The van der Waals surface area contributed by atoms with Gasteiger partial charge in [-0.1, -0.05) is 6.92 Å². The average molecular weight is 284 g/mol. The summed E-state index contributed by atoms with van der Waals surface area (Å²) in [5.74, 6) is 0.00754. The van der Waals surface area contributed by atoms with Gasteiger partial charge in [-0.2, -0.15) is 10.2 Å². The molecule has 0 fully saturated rings. The highest BCUT2D eigenvalue weighted by Gasteiger charge is 2.20. The standard InChI is InChI=1S/C10H16N6O2S/c1-2-3-16-7-9(10(11)15-16)19(17,18)14-6-8-4-12-13-5-8/h4-5,7,14H,2-3,6H2,1H3,(H2,11,15)(H,12,13). The predicted molar refractivity (Wildman–Crippen MR) is 69.5 cm³/mol. The number of hydrogen-bond donors (Lipinski definition) is 3. The predicted octanol–water partition coefficient (Wildman–Crippen LogP) is 0.0769. The minimum atomic E-state index is -3.66. The summed E-state index contributed by atoms with van der Waals surface area (Å²) >= 11 is 0. The largest absolute Gasteiger partial charge is 0.381 e. The van der Waals surface area contributed by atoms with Gasteiger partial charge in [-0.3, -0.25) is 9.78 Å². The fourth-order valence-corrected chi connectivity index (χ4v) is 2.69. The Bertz CT molecular complexity index is 631. The van der Waals surface area contributed by atoms with Gasteiger partial charge in [0.2, 0.25) is 10.0 Å². The normalized spacial score (nSPS) is 11.8. The number of nitrogens with zero attached hydrogens (tertiary/aromatic N) is 3. The number of sulfonamides is 1. The van der Waals surface area contributed by atoms with Crippen LogP contribution in [0.4, 0.5) is 5.82 Å². The van der Waals surface area contributed by atoms with E-state index in [4.69, 9.17) is 5.73 Å². The van der Waals surface area contributed by atoms with Crippen LogP contribution in [-0.2, 0) is 23.1 Å². The molecule has 0 aromatic carbocycles. The molecule has 2 rings (SSSR count). The minimum Gasteiger partial charge on any atom is -0.381 e. The van der Waals surface area contributed by atoms with Gasteiger partial charge in [0.15, 0.2) is 5.82 Å². The summed E-state index contributed by atoms with van der Waals surface area (Å²) in [6, 6.07) is 0. The molecule has 0 aliphatic rings. The Kier molecular flexibility index (Phi) is 3.86. The number of H-pyrrole nitrogens is 1. The van der Waals surface area contributed by atoms with E-state index in [1.165, 1.54) is 10.9 Å². The first-order valence-corrected chi connectivity index (χ1v) is 7.31. The summed E-state index contributed by atoms with van der Waals surface area (Å²) in [4.78, 5) is 0.00412. The van der Waals surface area contributed by atoms with Gasteiger partial charge in [-0.15, -0.1) is 0 Å². The van der Waals surface area contributed by atoms with Crippen LogP contribution in [0.5, 0.6) is 0 Å². The number of hydrogen-bond acceptors (Lipinski definition) is 5. The highest BCUT2D eigenvalue weighted by Crippen LogP contribution is 2.16. The monoisotopic (exact) mass is 284 g/mol. The summed E-state index contributed by atoms with van der Waals surface area (Å²) in [6.07, 6.45) is 5.46. The summed E-state index contributed by atoms with van der Waals surface area (Å²) in [5, 5.41) is 10.3. The van der Waals surface area contributed by atoms with E-state index in [1.807, 2.05) is 6.92 Å². The maximum absolute atomic E-state index is 12.1. The molecule has 0 saturated heterocycles. The molecule has 4 N–H and O–H groups in total. The van der Waals surface area contributed by atoms with E-state index in [1.54, 1.807) is 12.4 Å². The molecule has 0 bridgehead atoms. The van der Waals surface area contributed by atoms with E-state index < -0.39 is 10.0 Å². The lowest BCUT2D eigenvalue weighted by atomic mass is 10.4. The number of nitrogens with one attached hydrogen (secondary N) is 2. The van der Waals surface area contributed by atoms with Gasteiger partial charge >= 0.3 is 0 Å². The third kappa shape index (κ3) is 3.12. The van der Waals surface area contributed by atoms with Crippen molar-refractivity contribution >= 4 is 15.8 Å². The molecule has 0 unspecified atom stereocenters. The molecule has 0 atom stereocenters. The first kappa shape index (κ1) is 13.6. The number of rotatable bonds is 6. The van der Waals surface area contributed by atoms with Gasteiger partial charge in [0.25, 0.3) is 0 Å². The second kappa shape index (κ2) is 5.41. The Morgan fingerprint density at radius 1 is 1.53 bits per heavy atom. The zero-order valence-corrected chi connectivity index (χ0v) is 11.3. The van der Waals surface area contributed by atoms with Gasteiger partial charge in [-0.25, -0.2) is 13.1 Å². The molecule has 0 aliphatic heterocycles. The zero-order valence-electron chi connectivity index (χ0n) is 10.5. The quantitative estimate of drug-likeness (QED) is 0.694. The summed E-state index contributed by atoms with van der Waals surface area (Å²) < 4.78 is 28.2. The van der Waals surface area contributed by atoms with Gasteiger partial charge in [-0.05, 0) is 6.42 Å². The van der Waals surface area contributed by atoms with Crippen molar-refractivity contribution < 1.29 is 8.42 Å². The van der Waals surface area contributed by atoms with Crippen molar-refractivity contribution in [2.75, 3.05) is 5.73 Å². The maximum atomic E-state index is 12.1. The van der Waals surface area contributed by atoms with E-state index in [2.05, 4.69) is 20.0 Å². The molecule has 8 nitrogen and oxygen atoms in total. The lowest BCUT2D eigenvalue weighted by Crippen LogP contribution is -2.23. The highest BCUT2D eigenvalue weighted by molar-refractivity contribution is 7.89. The zero-order chi connectivity index (χ0) is 13.9. The minimum absolute atomic E-state index is 0.00412. The SMILES string of the molecule is CCCn1cc(S(=O)(=O)NCc2cn[nH]c2)c(N)n1. The second-order valence-corrected chi connectivity index (χ2v) is 5.81. The third-order valence-corrected chi connectivity index (χ3v) is 3.94. The van der Waals surface area contributed by atoms with Gasteiger partial charge in [0.1, 0.15) is 4.90 Å². The van der Waals surface area contributed by atoms with Crippen LogP contribution >= 0.6 is 0 Å². The number of anilines is 1. The van der Waals surface area contributed by atoms with Gasteiger partial charge in [0, 0.05) is 31.0 Å². The van der Waals surface area contributed by atoms with Crippen LogP contribution in [0.1, 0.15) is 18.9 Å². The van der Waals surface area contributed by atoms with E-state index in [0.29, 0.717) is 6.54 Å². The Hall–Kier alpha value is -1.87. The lowest BCUT2D eigenvalue weighted by molar-refractivity contribution is 0.579. The fourth-order valence-electron chi connectivity index (χ4n) is 1.60. The Morgan fingerprint density at radius 3 is 2.95 bits per heavy atom. The molecular formula is C10H16N6O2S.